The number of anilines is 2. The van der Waals surface area contributed by atoms with Gasteiger partial charge in [-0.1, -0.05) is 31.2 Å². The smallest absolute Gasteiger partial charge is 0.0410 e. The first kappa shape index (κ1) is 13.6. The molecule has 100 valence electrons. The summed E-state index contributed by atoms with van der Waals surface area (Å²) in [6, 6.07) is 17.2. The molecule has 2 aromatic rings. The van der Waals surface area contributed by atoms with Crippen LogP contribution in [0.25, 0.3) is 0 Å². The van der Waals surface area contributed by atoms with E-state index in [9.17, 15) is 0 Å². The molecule has 2 nitrogen and oxygen atoms in total. The molecule has 2 aromatic carbocycles. The van der Waals surface area contributed by atoms with E-state index in [1.807, 2.05) is 0 Å². The number of aryl methyl sites for hydroxylation is 1. The molecule has 0 spiro atoms. The van der Waals surface area contributed by atoms with Crippen molar-refractivity contribution in [3.63, 3.8) is 0 Å². The van der Waals surface area contributed by atoms with Gasteiger partial charge in [0.25, 0.3) is 0 Å². The average molecular weight is 254 g/mol. The van der Waals surface area contributed by atoms with E-state index >= 15 is 0 Å². The summed E-state index contributed by atoms with van der Waals surface area (Å²) in [6.45, 7) is 4.22. The van der Waals surface area contributed by atoms with Crippen molar-refractivity contribution in [2.24, 2.45) is 5.73 Å². The zero-order chi connectivity index (χ0) is 13.8. The molecule has 19 heavy (non-hydrogen) atoms. The highest BCUT2D eigenvalue weighted by Crippen LogP contribution is 2.25. The second kappa shape index (κ2) is 5.89. The van der Waals surface area contributed by atoms with Crippen molar-refractivity contribution < 1.29 is 0 Å². The second-order valence-corrected chi connectivity index (χ2v) is 5.00. The van der Waals surface area contributed by atoms with Crippen LogP contribution in [0.2, 0.25) is 0 Å². The molecule has 0 bridgehead atoms. The molecule has 0 heterocycles. The topological polar surface area (TPSA) is 29.3 Å². The average Bonchev–Trinajstić information content (AvgIpc) is 2.46. The Balaban J connectivity index is 2.22. The van der Waals surface area contributed by atoms with Gasteiger partial charge in [-0.2, -0.15) is 0 Å². The fraction of sp³-hybridized carbons (Fsp3) is 0.294. The Labute approximate surface area is 115 Å². The van der Waals surface area contributed by atoms with Crippen molar-refractivity contribution in [1.29, 1.82) is 0 Å². The van der Waals surface area contributed by atoms with E-state index in [2.05, 4.69) is 74.3 Å². The number of nitrogens with zero attached hydrogens (tertiary/aromatic N) is 1. The van der Waals surface area contributed by atoms with Gasteiger partial charge >= 0.3 is 0 Å². The Morgan fingerprint density at radius 1 is 1.05 bits per heavy atom. The summed E-state index contributed by atoms with van der Waals surface area (Å²) < 4.78 is 0. The van der Waals surface area contributed by atoms with E-state index in [0.29, 0.717) is 0 Å². The molecule has 2 rings (SSSR count). The van der Waals surface area contributed by atoms with E-state index in [-0.39, 0.29) is 6.04 Å². The molecule has 0 unspecified atom stereocenters. The van der Waals surface area contributed by atoms with E-state index in [1.54, 1.807) is 0 Å². The molecule has 0 aromatic heterocycles. The van der Waals surface area contributed by atoms with E-state index < -0.39 is 0 Å². The second-order valence-electron chi connectivity index (χ2n) is 5.00. The monoisotopic (exact) mass is 254 g/mol. The summed E-state index contributed by atoms with van der Waals surface area (Å²) in [5.41, 5.74) is 10.9. The van der Waals surface area contributed by atoms with Crippen molar-refractivity contribution in [1.82, 2.24) is 0 Å². The summed E-state index contributed by atoms with van der Waals surface area (Å²) >= 11 is 0. The summed E-state index contributed by atoms with van der Waals surface area (Å²) in [6.07, 6.45) is 0.965. The van der Waals surface area contributed by atoms with E-state index in [4.69, 9.17) is 5.73 Å². The maximum absolute atomic E-state index is 6.04. The molecular formula is C17H22N2. The number of benzene rings is 2. The summed E-state index contributed by atoms with van der Waals surface area (Å²) in [5, 5.41) is 0. The Bertz CT molecular complexity index is 531. The van der Waals surface area contributed by atoms with Crippen LogP contribution in [-0.2, 0) is 0 Å². The van der Waals surface area contributed by atoms with Crippen LogP contribution in [0, 0.1) is 6.92 Å². The van der Waals surface area contributed by atoms with Gasteiger partial charge < -0.3 is 10.6 Å². The van der Waals surface area contributed by atoms with Crippen LogP contribution in [0.4, 0.5) is 11.4 Å². The first-order valence-corrected chi connectivity index (χ1v) is 6.77. The summed E-state index contributed by atoms with van der Waals surface area (Å²) in [4.78, 5) is 2.19. The lowest BCUT2D eigenvalue weighted by atomic mass is 10.0. The highest BCUT2D eigenvalue weighted by Gasteiger charge is 2.06. The van der Waals surface area contributed by atoms with Crippen LogP contribution in [-0.4, -0.2) is 7.05 Å². The van der Waals surface area contributed by atoms with E-state index in [0.717, 1.165) is 6.42 Å². The quantitative estimate of drug-likeness (QED) is 0.887. The molecule has 0 aliphatic carbocycles. The zero-order valence-electron chi connectivity index (χ0n) is 11.9. The third-order valence-electron chi connectivity index (χ3n) is 3.54. The van der Waals surface area contributed by atoms with E-state index in [1.165, 1.54) is 22.5 Å². The van der Waals surface area contributed by atoms with Gasteiger partial charge in [-0.3, -0.25) is 0 Å². The third kappa shape index (κ3) is 3.15. The fourth-order valence-corrected chi connectivity index (χ4v) is 2.17. The molecule has 0 aliphatic heterocycles. The van der Waals surface area contributed by atoms with Crippen LogP contribution in [0.15, 0.2) is 48.5 Å². The Morgan fingerprint density at radius 2 is 1.74 bits per heavy atom. The number of hydrogen-bond donors (Lipinski definition) is 1. The highest BCUT2D eigenvalue weighted by molar-refractivity contribution is 5.63. The molecular weight excluding hydrogens is 232 g/mol. The van der Waals surface area contributed by atoms with Gasteiger partial charge in [-0.05, 0) is 48.7 Å². The lowest BCUT2D eigenvalue weighted by Crippen LogP contribution is -2.11. The van der Waals surface area contributed by atoms with Crippen LogP contribution < -0.4 is 10.6 Å². The minimum absolute atomic E-state index is 0.137. The van der Waals surface area contributed by atoms with Gasteiger partial charge in [0.2, 0.25) is 0 Å². The van der Waals surface area contributed by atoms with Crippen molar-refractivity contribution >= 4 is 11.4 Å². The van der Waals surface area contributed by atoms with Crippen LogP contribution in [0.3, 0.4) is 0 Å². The van der Waals surface area contributed by atoms with Crippen LogP contribution in [0.1, 0.15) is 30.5 Å². The minimum Gasteiger partial charge on any atom is -0.345 e. The third-order valence-corrected chi connectivity index (χ3v) is 3.54. The first-order chi connectivity index (χ1) is 9.11. The zero-order valence-corrected chi connectivity index (χ0v) is 11.9. The van der Waals surface area contributed by atoms with Crippen LogP contribution in [0.5, 0.6) is 0 Å². The normalized spacial score (nSPS) is 12.2. The van der Waals surface area contributed by atoms with Crippen molar-refractivity contribution in [2.75, 3.05) is 11.9 Å². The predicted molar refractivity (Wildman–Crippen MR) is 82.9 cm³/mol. The summed E-state index contributed by atoms with van der Waals surface area (Å²) in [5.74, 6) is 0. The SMILES string of the molecule is CC[C@@H](N)c1ccc(N(C)c2cccc(C)c2)cc1. The standard InChI is InChI=1S/C17H22N2/c1-4-17(18)14-8-10-15(11-9-14)19(3)16-7-5-6-13(2)12-16/h5-12,17H,4,18H2,1-3H3/t17-/m1/s1. The van der Waals surface area contributed by atoms with Crippen molar-refractivity contribution in [3.8, 4) is 0 Å². The van der Waals surface area contributed by atoms with Gasteiger partial charge in [0.05, 0.1) is 0 Å². The number of rotatable bonds is 4. The molecule has 0 saturated carbocycles. The number of nitrogens with two attached hydrogens (primary N) is 1. The maximum atomic E-state index is 6.04. The molecule has 0 amide bonds. The lowest BCUT2D eigenvalue weighted by Gasteiger charge is -2.21. The lowest BCUT2D eigenvalue weighted by molar-refractivity contribution is 0.699. The molecule has 0 saturated heterocycles. The molecule has 2 heteroatoms. The first-order valence-electron chi connectivity index (χ1n) is 6.77. The van der Waals surface area contributed by atoms with Gasteiger partial charge in [-0.15, -0.1) is 0 Å². The van der Waals surface area contributed by atoms with Gasteiger partial charge in [0, 0.05) is 24.5 Å². The van der Waals surface area contributed by atoms with Crippen molar-refractivity contribution in [3.05, 3.63) is 59.7 Å². The Morgan fingerprint density at radius 3 is 2.32 bits per heavy atom. The highest BCUT2D eigenvalue weighted by atomic mass is 15.1. The summed E-state index contributed by atoms with van der Waals surface area (Å²) in [7, 11) is 2.09. The Hall–Kier alpha value is -1.80. The minimum atomic E-state index is 0.137. The predicted octanol–water partition coefficient (Wildman–Crippen LogP) is 4.17. The van der Waals surface area contributed by atoms with Gasteiger partial charge in [0.15, 0.2) is 0 Å². The maximum Gasteiger partial charge on any atom is 0.0410 e. The molecule has 0 fully saturated rings. The van der Waals surface area contributed by atoms with Gasteiger partial charge in [0.1, 0.15) is 0 Å². The molecule has 0 aliphatic rings. The molecule has 2 N–H and O–H groups in total. The fourth-order valence-electron chi connectivity index (χ4n) is 2.17. The Kier molecular flexibility index (Phi) is 4.23. The molecule has 0 radical (unpaired) electrons. The largest absolute Gasteiger partial charge is 0.345 e. The van der Waals surface area contributed by atoms with Crippen LogP contribution >= 0.6 is 0 Å². The van der Waals surface area contributed by atoms with Gasteiger partial charge in [-0.25, -0.2) is 0 Å². The van der Waals surface area contributed by atoms with Crippen molar-refractivity contribution in [2.45, 2.75) is 26.3 Å². The number of hydrogen-bond acceptors (Lipinski definition) is 2. The molecule has 1 atom stereocenters.